The van der Waals surface area contributed by atoms with Crippen LogP contribution in [0, 0.1) is 6.92 Å². The van der Waals surface area contributed by atoms with Gasteiger partial charge in [0.1, 0.15) is 10.9 Å². The third-order valence-electron chi connectivity index (χ3n) is 3.38. The van der Waals surface area contributed by atoms with Crippen molar-refractivity contribution in [1.82, 2.24) is 4.98 Å². The summed E-state index contributed by atoms with van der Waals surface area (Å²) in [6.45, 7) is 2.07. The number of alkyl halides is 1. The van der Waals surface area contributed by atoms with Gasteiger partial charge in [0.05, 0.1) is 5.69 Å². The van der Waals surface area contributed by atoms with Gasteiger partial charge in [0.15, 0.2) is 0 Å². The SMILES string of the molecule is Cc1sc(-c2ccccc2)nc1-c1ccc(NC(=O)CCl)cc1. The quantitative estimate of drug-likeness (QED) is 0.681. The summed E-state index contributed by atoms with van der Waals surface area (Å²) in [7, 11) is 0. The summed E-state index contributed by atoms with van der Waals surface area (Å²) >= 11 is 7.17. The molecule has 5 heteroatoms. The predicted octanol–water partition coefficient (Wildman–Crippen LogP) is 4.96. The zero-order valence-corrected chi connectivity index (χ0v) is 14.1. The van der Waals surface area contributed by atoms with Gasteiger partial charge in [-0.2, -0.15) is 0 Å². The number of carbonyl (C=O) groups excluding carboxylic acids is 1. The molecule has 0 saturated carbocycles. The van der Waals surface area contributed by atoms with Gasteiger partial charge in [-0.1, -0.05) is 42.5 Å². The highest BCUT2D eigenvalue weighted by Gasteiger charge is 2.11. The molecular formula is C18H15ClN2OS. The molecule has 1 N–H and O–H groups in total. The first-order valence-corrected chi connectivity index (χ1v) is 8.51. The van der Waals surface area contributed by atoms with E-state index >= 15 is 0 Å². The molecule has 0 atom stereocenters. The van der Waals surface area contributed by atoms with Crippen LogP contribution in [-0.4, -0.2) is 16.8 Å². The Kier molecular flexibility index (Phi) is 4.74. The highest BCUT2D eigenvalue weighted by Crippen LogP contribution is 2.33. The largest absolute Gasteiger partial charge is 0.325 e. The molecule has 3 nitrogen and oxygen atoms in total. The van der Waals surface area contributed by atoms with Crippen molar-refractivity contribution < 1.29 is 4.79 Å². The van der Waals surface area contributed by atoms with Gasteiger partial charge in [0.25, 0.3) is 0 Å². The lowest BCUT2D eigenvalue weighted by Crippen LogP contribution is -2.12. The number of anilines is 1. The molecule has 3 rings (SSSR count). The molecule has 1 aromatic heterocycles. The molecule has 0 spiro atoms. The van der Waals surface area contributed by atoms with Gasteiger partial charge in [0.2, 0.25) is 5.91 Å². The second-order valence-electron chi connectivity index (χ2n) is 5.05. The average molecular weight is 343 g/mol. The normalized spacial score (nSPS) is 10.5. The van der Waals surface area contributed by atoms with Crippen molar-refractivity contribution in [3.8, 4) is 21.8 Å². The number of nitrogens with one attached hydrogen (secondary N) is 1. The fraction of sp³-hybridized carbons (Fsp3) is 0.111. The number of thiazole rings is 1. The second-order valence-corrected chi connectivity index (χ2v) is 6.52. The molecule has 0 aliphatic carbocycles. The van der Waals surface area contributed by atoms with Crippen LogP contribution in [0.25, 0.3) is 21.8 Å². The zero-order chi connectivity index (χ0) is 16.2. The van der Waals surface area contributed by atoms with Gasteiger partial charge in [-0.3, -0.25) is 4.79 Å². The van der Waals surface area contributed by atoms with E-state index < -0.39 is 0 Å². The van der Waals surface area contributed by atoms with Crippen LogP contribution < -0.4 is 5.32 Å². The van der Waals surface area contributed by atoms with Crippen LogP contribution in [0.1, 0.15) is 4.88 Å². The number of aromatic nitrogens is 1. The summed E-state index contributed by atoms with van der Waals surface area (Å²) in [5, 5.41) is 3.74. The lowest BCUT2D eigenvalue weighted by Gasteiger charge is -2.04. The van der Waals surface area contributed by atoms with E-state index in [0.29, 0.717) is 0 Å². The molecule has 116 valence electrons. The molecule has 2 aromatic carbocycles. The van der Waals surface area contributed by atoms with Crippen molar-refractivity contribution >= 4 is 34.5 Å². The van der Waals surface area contributed by atoms with Crippen LogP contribution in [0.3, 0.4) is 0 Å². The highest BCUT2D eigenvalue weighted by atomic mass is 35.5. The number of rotatable bonds is 4. The van der Waals surface area contributed by atoms with Gasteiger partial charge in [0, 0.05) is 21.7 Å². The zero-order valence-electron chi connectivity index (χ0n) is 12.5. The van der Waals surface area contributed by atoms with Crippen molar-refractivity contribution in [3.63, 3.8) is 0 Å². The number of nitrogens with zero attached hydrogens (tertiary/aromatic N) is 1. The fourth-order valence-electron chi connectivity index (χ4n) is 2.27. The lowest BCUT2D eigenvalue weighted by atomic mass is 10.1. The minimum absolute atomic E-state index is 0.0482. The number of hydrogen-bond acceptors (Lipinski definition) is 3. The van der Waals surface area contributed by atoms with E-state index in [1.54, 1.807) is 11.3 Å². The summed E-state index contributed by atoms with van der Waals surface area (Å²) in [6.07, 6.45) is 0. The fourth-order valence-corrected chi connectivity index (χ4v) is 3.28. The number of hydrogen-bond donors (Lipinski definition) is 1. The second kappa shape index (κ2) is 6.94. The van der Waals surface area contributed by atoms with E-state index in [-0.39, 0.29) is 11.8 Å². The van der Waals surface area contributed by atoms with Crippen molar-refractivity contribution in [1.29, 1.82) is 0 Å². The molecule has 0 bridgehead atoms. The van der Waals surface area contributed by atoms with Crippen LogP contribution in [0.5, 0.6) is 0 Å². The summed E-state index contributed by atoms with van der Waals surface area (Å²) in [6, 6.07) is 17.8. The van der Waals surface area contributed by atoms with E-state index in [0.717, 1.165) is 27.5 Å². The lowest BCUT2D eigenvalue weighted by molar-refractivity contribution is -0.113. The Balaban J connectivity index is 1.87. The summed E-state index contributed by atoms with van der Waals surface area (Å²) in [5.41, 5.74) is 3.86. The Morgan fingerprint density at radius 1 is 1.09 bits per heavy atom. The van der Waals surface area contributed by atoms with Crippen molar-refractivity contribution in [2.75, 3.05) is 11.2 Å². The predicted molar refractivity (Wildman–Crippen MR) is 97.1 cm³/mol. The molecule has 23 heavy (non-hydrogen) atoms. The maximum atomic E-state index is 11.3. The van der Waals surface area contributed by atoms with Crippen molar-refractivity contribution in [2.45, 2.75) is 6.92 Å². The molecule has 0 radical (unpaired) electrons. The van der Waals surface area contributed by atoms with E-state index in [2.05, 4.69) is 24.4 Å². The van der Waals surface area contributed by atoms with Crippen LogP contribution in [-0.2, 0) is 4.79 Å². The van der Waals surface area contributed by atoms with Gasteiger partial charge in [-0.25, -0.2) is 4.98 Å². The first-order chi connectivity index (χ1) is 11.2. The standard InChI is InChI=1S/C18H15ClN2OS/c1-12-17(21-18(23-12)14-5-3-2-4-6-14)13-7-9-15(10-8-13)20-16(22)11-19/h2-10H,11H2,1H3,(H,20,22). The van der Waals surface area contributed by atoms with Gasteiger partial charge in [-0.05, 0) is 19.1 Å². The van der Waals surface area contributed by atoms with Crippen molar-refractivity contribution in [3.05, 3.63) is 59.5 Å². The Morgan fingerprint density at radius 3 is 2.43 bits per heavy atom. The first-order valence-electron chi connectivity index (χ1n) is 7.16. The topological polar surface area (TPSA) is 42.0 Å². The third-order valence-corrected chi connectivity index (χ3v) is 4.64. The Bertz CT molecular complexity index is 813. The molecule has 0 aliphatic rings. The van der Waals surface area contributed by atoms with Crippen LogP contribution in [0.2, 0.25) is 0 Å². The average Bonchev–Trinajstić information content (AvgIpc) is 2.98. The smallest absolute Gasteiger partial charge is 0.239 e. The van der Waals surface area contributed by atoms with Gasteiger partial charge in [-0.15, -0.1) is 22.9 Å². The minimum Gasteiger partial charge on any atom is -0.325 e. The third kappa shape index (κ3) is 3.60. The summed E-state index contributed by atoms with van der Waals surface area (Å²) in [5.74, 6) is -0.261. The molecule has 3 aromatic rings. The van der Waals surface area contributed by atoms with Crippen LogP contribution in [0.4, 0.5) is 5.69 Å². The maximum absolute atomic E-state index is 11.3. The van der Waals surface area contributed by atoms with Crippen molar-refractivity contribution in [2.24, 2.45) is 0 Å². The molecule has 0 aliphatic heterocycles. The van der Waals surface area contributed by atoms with E-state index in [1.165, 1.54) is 4.88 Å². The van der Waals surface area contributed by atoms with Gasteiger partial charge < -0.3 is 5.32 Å². The first kappa shape index (κ1) is 15.7. The summed E-state index contributed by atoms with van der Waals surface area (Å²) < 4.78 is 0. The molecule has 1 heterocycles. The number of aryl methyl sites for hydroxylation is 1. The Morgan fingerprint density at radius 2 is 1.78 bits per heavy atom. The Labute approximate surface area is 144 Å². The number of carbonyl (C=O) groups is 1. The maximum Gasteiger partial charge on any atom is 0.239 e. The minimum atomic E-state index is -0.212. The molecule has 1 amide bonds. The van der Waals surface area contributed by atoms with Crippen LogP contribution in [0.15, 0.2) is 54.6 Å². The molecule has 0 unspecified atom stereocenters. The summed E-state index contributed by atoms with van der Waals surface area (Å²) in [4.78, 5) is 17.2. The monoisotopic (exact) mass is 342 g/mol. The number of amides is 1. The Hall–Kier alpha value is -2.17. The number of halogens is 1. The molecule has 0 fully saturated rings. The van der Waals surface area contributed by atoms with E-state index in [9.17, 15) is 4.79 Å². The van der Waals surface area contributed by atoms with Crippen LogP contribution >= 0.6 is 22.9 Å². The van der Waals surface area contributed by atoms with E-state index in [1.807, 2.05) is 42.5 Å². The molecule has 0 saturated heterocycles. The molecular weight excluding hydrogens is 328 g/mol. The van der Waals surface area contributed by atoms with E-state index in [4.69, 9.17) is 16.6 Å². The number of benzene rings is 2. The highest BCUT2D eigenvalue weighted by molar-refractivity contribution is 7.15. The van der Waals surface area contributed by atoms with Gasteiger partial charge >= 0.3 is 0 Å².